The number of thiophene rings is 1. The van der Waals surface area contributed by atoms with E-state index in [2.05, 4.69) is 88.8 Å². The number of fused-ring (bicyclic) bond motifs is 1. The Morgan fingerprint density at radius 1 is 1.08 bits per heavy atom. The molecule has 0 bridgehead atoms. The topological polar surface area (TPSA) is 21.1 Å². The Labute approximate surface area is 158 Å². The number of aromatic nitrogens is 2. The van der Waals surface area contributed by atoms with Crippen molar-refractivity contribution in [3.05, 3.63) is 65.7 Å². The molecular formula is C22H23N3S. The predicted molar refractivity (Wildman–Crippen MR) is 112 cm³/mol. The average Bonchev–Trinajstić information content (AvgIpc) is 3.29. The van der Waals surface area contributed by atoms with Gasteiger partial charge in [0, 0.05) is 58.8 Å². The van der Waals surface area contributed by atoms with Crippen LogP contribution in [0.15, 0.2) is 65.7 Å². The molecule has 4 rings (SSSR count). The molecule has 0 fully saturated rings. The Balaban J connectivity index is 1.84. The summed E-state index contributed by atoms with van der Waals surface area (Å²) in [7, 11) is 4.24. The van der Waals surface area contributed by atoms with Gasteiger partial charge >= 0.3 is 0 Å². The third-order valence-electron chi connectivity index (χ3n) is 4.75. The van der Waals surface area contributed by atoms with E-state index in [0.717, 1.165) is 6.54 Å². The van der Waals surface area contributed by atoms with Crippen LogP contribution in [-0.4, -0.2) is 35.1 Å². The first kappa shape index (κ1) is 17.0. The largest absolute Gasteiger partial charge is 0.343 e. The van der Waals surface area contributed by atoms with E-state index < -0.39 is 0 Å². The van der Waals surface area contributed by atoms with Gasteiger partial charge in [-0.3, -0.25) is 4.98 Å². The predicted octanol–water partition coefficient (Wildman–Crippen LogP) is 5.55. The number of hydrogen-bond acceptors (Lipinski definition) is 3. The summed E-state index contributed by atoms with van der Waals surface area (Å²) in [5.74, 6) is 0. The van der Waals surface area contributed by atoms with Crippen molar-refractivity contribution in [2.24, 2.45) is 0 Å². The zero-order valence-electron chi connectivity index (χ0n) is 15.4. The van der Waals surface area contributed by atoms with Gasteiger partial charge in [-0.05, 0) is 55.5 Å². The van der Waals surface area contributed by atoms with Crippen LogP contribution in [0.2, 0.25) is 0 Å². The highest BCUT2D eigenvalue weighted by Gasteiger charge is 2.15. The Kier molecular flexibility index (Phi) is 4.62. The number of benzene rings is 1. The molecule has 0 aliphatic carbocycles. The minimum Gasteiger partial charge on any atom is -0.343 e. The van der Waals surface area contributed by atoms with Crippen molar-refractivity contribution in [1.82, 2.24) is 14.5 Å². The first-order chi connectivity index (χ1) is 12.6. The van der Waals surface area contributed by atoms with E-state index in [1.807, 2.05) is 12.4 Å². The lowest BCUT2D eigenvalue weighted by Gasteiger charge is -2.19. The van der Waals surface area contributed by atoms with Crippen LogP contribution >= 0.6 is 11.3 Å². The molecule has 0 aliphatic heterocycles. The molecule has 1 atom stereocenters. The lowest BCUT2D eigenvalue weighted by molar-refractivity contribution is 0.341. The Morgan fingerprint density at radius 3 is 2.65 bits per heavy atom. The quantitative estimate of drug-likeness (QED) is 0.464. The summed E-state index contributed by atoms with van der Waals surface area (Å²) in [6, 6.07) is 13.4. The molecular weight excluding hydrogens is 338 g/mol. The van der Waals surface area contributed by atoms with Crippen molar-refractivity contribution in [3.8, 4) is 22.3 Å². The zero-order valence-corrected chi connectivity index (χ0v) is 16.2. The van der Waals surface area contributed by atoms with Crippen LogP contribution in [-0.2, 0) is 0 Å². The van der Waals surface area contributed by atoms with Crippen LogP contribution in [0, 0.1) is 0 Å². The van der Waals surface area contributed by atoms with E-state index in [1.54, 1.807) is 11.3 Å². The molecule has 3 aromatic heterocycles. The molecule has 26 heavy (non-hydrogen) atoms. The van der Waals surface area contributed by atoms with Crippen molar-refractivity contribution in [3.63, 3.8) is 0 Å². The molecule has 0 saturated heterocycles. The summed E-state index contributed by atoms with van der Waals surface area (Å²) >= 11 is 1.72. The number of likely N-dealkylation sites (N-methyl/N-ethyl adjacent to an activating group) is 1. The molecule has 0 radical (unpaired) electrons. The van der Waals surface area contributed by atoms with E-state index in [9.17, 15) is 0 Å². The molecule has 4 heteroatoms. The highest BCUT2D eigenvalue weighted by Crippen LogP contribution is 2.34. The molecule has 0 amide bonds. The van der Waals surface area contributed by atoms with Crippen molar-refractivity contribution in [1.29, 1.82) is 0 Å². The first-order valence-electron chi connectivity index (χ1n) is 8.86. The molecule has 3 heterocycles. The van der Waals surface area contributed by atoms with Gasteiger partial charge in [-0.2, -0.15) is 11.3 Å². The SMILES string of the molecule is CC(CN(C)C)n1cc(-c2cncc(-c3ccsc3)c2)c2ccccc21. The van der Waals surface area contributed by atoms with Gasteiger partial charge in [-0.15, -0.1) is 0 Å². The van der Waals surface area contributed by atoms with Crippen molar-refractivity contribution in [2.75, 3.05) is 20.6 Å². The maximum atomic E-state index is 4.51. The molecule has 3 nitrogen and oxygen atoms in total. The lowest BCUT2D eigenvalue weighted by Crippen LogP contribution is -2.21. The van der Waals surface area contributed by atoms with E-state index in [4.69, 9.17) is 0 Å². The first-order valence-corrected chi connectivity index (χ1v) is 9.80. The van der Waals surface area contributed by atoms with Crippen LogP contribution in [0.5, 0.6) is 0 Å². The fourth-order valence-corrected chi connectivity index (χ4v) is 4.25. The fourth-order valence-electron chi connectivity index (χ4n) is 3.59. The average molecular weight is 362 g/mol. The van der Waals surface area contributed by atoms with Crippen molar-refractivity contribution in [2.45, 2.75) is 13.0 Å². The van der Waals surface area contributed by atoms with Crippen LogP contribution in [0.3, 0.4) is 0 Å². The van der Waals surface area contributed by atoms with E-state index >= 15 is 0 Å². The van der Waals surface area contributed by atoms with Crippen molar-refractivity contribution < 1.29 is 0 Å². The highest BCUT2D eigenvalue weighted by molar-refractivity contribution is 7.08. The molecule has 1 aromatic carbocycles. The number of pyridine rings is 1. The second-order valence-corrected chi connectivity index (χ2v) is 7.83. The van der Waals surface area contributed by atoms with Crippen LogP contribution < -0.4 is 0 Å². The van der Waals surface area contributed by atoms with Gasteiger partial charge in [-0.25, -0.2) is 0 Å². The highest BCUT2D eigenvalue weighted by atomic mass is 32.1. The van der Waals surface area contributed by atoms with Gasteiger partial charge in [0.25, 0.3) is 0 Å². The standard InChI is InChI=1S/C22H23N3S/c1-16(13-24(2)3)25-14-21(20-6-4-5-7-22(20)25)19-10-18(11-23-12-19)17-8-9-26-15-17/h4-12,14-16H,13H2,1-3H3. The fraction of sp³-hybridized carbons (Fsp3) is 0.227. The van der Waals surface area contributed by atoms with Crippen molar-refractivity contribution >= 4 is 22.2 Å². The summed E-state index contributed by atoms with van der Waals surface area (Å²) < 4.78 is 2.39. The van der Waals surface area contributed by atoms with Gasteiger partial charge in [0.05, 0.1) is 0 Å². The van der Waals surface area contributed by atoms with Gasteiger partial charge < -0.3 is 9.47 Å². The molecule has 132 valence electrons. The Hall–Kier alpha value is -2.43. The minimum atomic E-state index is 0.400. The van der Waals surface area contributed by atoms with E-state index in [1.165, 1.54) is 33.2 Å². The molecule has 0 saturated carbocycles. The van der Waals surface area contributed by atoms with Crippen LogP contribution in [0.4, 0.5) is 0 Å². The van der Waals surface area contributed by atoms with Gasteiger partial charge in [0.1, 0.15) is 0 Å². The number of para-hydroxylation sites is 1. The Bertz CT molecular complexity index is 1010. The molecule has 0 N–H and O–H groups in total. The summed E-state index contributed by atoms with van der Waals surface area (Å²) in [4.78, 5) is 6.75. The smallest absolute Gasteiger partial charge is 0.0489 e. The summed E-state index contributed by atoms with van der Waals surface area (Å²) in [5, 5.41) is 5.56. The minimum absolute atomic E-state index is 0.400. The number of rotatable bonds is 5. The maximum absolute atomic E-state index is 4.51. The number of nitrogens with zero attached hydrogens (tertiary/aromatic N) is 3. The maximum Gasteiger partial charge on any atom is 0.0489 e. The Morgan fingerprint density at radius 2 is 1.88 bits per heavy atom. The molecule has 1 unspecified atom stereocenters. The normalized spacial score (nSPS) is 12.8. The van der Waals surface area contributed by atoms with Crippen LogP contribution in [0.1, 0.15) is 13.0 Å². The van der Waals surface area contributed by atoms with E-state index in [0.29, 0.717) is 6.04 Å². The van der Waals surface area contributed by atoms with E-state index in [-0.39, 0.29) is 0 Å². The molecule has 0 spiro atoms. The number of hydrogen-bond donors (Lipinski definition) is 0. The molecule has 4 aromatic rings. The third-order valence-corrected chi connectivity index (χ3v) is 5.43. The van der Waals surface area contributed by atoms with Gasteiger partial charge in [-0.1, -0.05) is 18.2 Å². The summed E-state index contributed by atoms with van der Waals surface area (Å²) in [5.41, 5.74) is 6.09. The summed E-state index contributed by atoms with van der Waals surface area (Å²) in [6.45, 7) is 3.28. The van der Waals surface area contributed by atoms with Gasteiger partial charge in [0.15, 0.2) is 0 Å². The zero-order chi connectivity index (χ0) is 18.1. The summed E-state index contributed by atoms with van der Waals surface area (Å²) in [6.07, 6.45) is 6.20. The third kappa shape index (κ3) is 3.18. The lowest BCUT2D eigenvalue weighted by atomic mass is 10.0. The van der Waals surface area contributed by atoms with Gasteiger partial charge in [0.2, 0.25) is 0 Å². The second-order valence-electron chi connectivity index (χ2n) is 7.05. The second kappa shape index (κ2) is 7.06. The monoisotopic (exact) mass is 361 g/mol. The molecule has 0 aliphatic rings. The van der Waals surface area contributed by atoms with Crippen LogP contribution in [0.25, 0.3) is 33.2 Å².